The van der Waals surface area contributed by atoms with Crippen molar-refractivity contribution in [1.29, 1.82) is 0 Å². The van der Waals surface area contributed by atoms with Gasteiger partial charge in [0, 0.05) is 0 Å². The summed E-state index contributed by atoms with van der Waals surface area (Å²) in [6.07, 6.45) is 0. The molecule has 1 atom stereocenters. The summed E-state index contributed by atoms with van der Waals surface area (Å²) in [6.45, 7) is 8.86. The van der Waals surface area contributed by atoms with Crippen LogP contribution < -0.4 is 0 Å². The van der Waals surface area contributed by atoms with Gasteiger partial charge in [-0.1, -0.05) is 0 Å². The van der Waals surface area contributed by atoms with Gasteiger partial charge >= 0.3 is 78.7 Å². The fourth-order valence-electron chi connectivity index (χ4n) is 0.621. The molecule has 0 saturated heterocycles. The van der Waals surface area contributed by atoms with Gasteiger partial charge in [0.05, 0.1) is 0 Å². The maximum absolute atomic E-state index is 11.2. The van der Waals surface area contributed by atoms with E-state index in [0.717, 1.165) is 0 Å². The molecule has 0 saturated carbocycles. The average Bonchev–Trinajstić information content (AvgIpc) is 1.85. The van der Waals surface area contributed by atoms with Gasteiger partial charge in [0.1, 0.15) is 0 Å². The Morgan fingerprint density at radius 2 is 2.00 bits per heavy atom. The summed E-state index contributed by atoms with van der Waals surface area (Å²) in [7, 11) is -1.34. The van der Waals surface area contributed by atoms with Crippen molar-refractivity contribution < 1.29 is 9.53 Å². The Labute approximate surface area is 78.9 Å². The standard InChI is InChI=1S/C7H15O2Si.Li/c1-5-9-7(8)6-10(2,3)4;/h6H,5H2,1-4H3;. The molecule has 1 unspecified atom stereocenters. The number of ether oxygens (including phenoxy) is 1. The van der Waals surface area contributed by atoms with Crippen molar-refractivity contribution in [3.05, 3.63) is 0 Å². The molecule has 0 heterocycles. The second kappa shape index (κ2) is 4.34. The van der Waals surface area contributed by atoms with E-state index < -0.39 is 8.07 Å². The van der Waals surface area contributed by atoms with Gasteiger partial charge in [0.2, 0.25) is 0 Å². The zero-order chi connectivity index (χ0) is 9.07. The molecule has 2 nitrogen and oxygen atoms in total. The molecule has 0 aliphatic rings. The van der Waals surface area contributed by atoms with Crippen molar-refractivity contribution in [3.63, 3.8) is 0 Å². The van der Waals surface area contributed by atoms with E-state index in [1.807, 2.05) is 24.6 Å². The van der Waals surface area contributed by atoms with Crippen LogP contribution in [0.15, 0.2) is 0 Å². The normalized spacial score (nSPS) is 14.4. The zero-order valence-electron chi connectivity index (χ0n) is 8.10. The van der Waals surface area contributed by atoms with Crippen LogP contribution in [0.5, 0.6) is 0 Å². The Bertz CT molecular complexity index is 142. The van der Waals surface area contributed by atoms with E-state index in [1.54, 1.807) is 0 Å². The molecule has 0 spiro atoms. The monoisotopic (exact) mass is 166 g/mol. The van der Waals surface area contributed by atoms with Crippen LogP contribution in [0.4, 0.5) is 0 Å². The van der Waals surface area contributed by atoms with E-state index in [-0.39, 0.29) is 10.2 Å². The van der Waals surface area contributed by atoms with Gasteiger partial charge in [-0.3, -0.25) is 0 Å². The van der Waals surface area contributed by atoms with Crippen molar-refractivity contribution in [2.24, 2.45) is 0 Å². The number of hydrogen-bond acceptors (Lipinski definition) is 2. The second-order valence-corrected chi connectivity index (χ2v) is 9.44. The molecule has 0 fully saturated rings. The first kappa shape index (κ1) is 11.3. The van der Waals surface area contributed by atoms with Crippen molar-refractivity contribution in [1.82, 2.24) is 0 Å². The maximum atomic E-state index is 11.2. The van der Waals surface area contributed by atoms with Crippen LogP contribution in [0.3, 0.4) is 0 Å². The van der Waals surface area contributed by atoms with Gasteiger partial charge in [-0.25, -0.2) is 0 Å². The molecular weight excluding hydrogens is 151 g/mol. The second-order valence-electron chi connectivity index (χ2n) is 3.84. The van der Waals surface area contributed by atoms with Gasteiger partial charge in [-0.2, -0.15) is 0 Å². The first-order valence-corrected chi connectivity index (χ1v) is 7.64. The molecule has 0 rings (SSSR count). The fourth-order valence-corrected chi connectivity index (χ4v) is 1.41. The Hall–Kier alpha value is 0.284. The number of esters is 1. The van der Waals surface area contributed by atoms with Crippen LogP contribution in [-0.4, -0.2) is 38.4 Å². The van der Waals surface area contributed by atoms with Crippen LogP contribution >= 0.6 is 0 Å². The van der Waals surface area contributed by atoms with Gasteiger partial charge in [-0.05, 0) is 0 Å². The molecule has 0 aromatic rings. The summed E-state index contributed by atoms with van der Waals surface area (Å²) in [5, 5.41) is 0. The third kappa shape index (κ3) is 4.00. The molecule has 0 aliphatic heterocycles. The Morgan fingerprint density at radius 1 is 1.55 bits per heavy atom. The third-order valence-electron chi connectivity index (χ3n) is 1.94. The Morgan fingerprint density at radius 3 is 2.27 bits per heavy atom. The average molecular weight is 166 g/mol. The molecule has 0 radical (unpaired) electrons. The summed E-state index contributed by atoms with van der Waals surface area (Å²) in [4.78, 5) is 11.2. The van der Waals surface area contributed by atoms with E-state index in [9.17, 15) is 4.79 Å². The van der Waals surface area contributed by atoms with Crippen LogP contribution in [0, 0.1) is 0 Å². The number of carbonyl (C=O) groups excluding carboxylic acids is 1. The van der Waals surface area contributed by atoms with Gasteiger partial charge in [0.15, 0.2) is 0 Å². The van der Waals surface area contributed by atoms with Gasteiger partial charge in [0.25, 0.3) is 0 Å². The predicted molar refractivity (Wildman–Crippen MR) is 49.5 cm³/mol. The first-order valence-electron chi connectivity index (χ1n) is 4.06. The summed E-state index contributed by atoms with van der Waals surface area (Å²) in [5.74, 6) is -0.0355. The molecule has 0 aromatic carbocycles. The van der Waals surface area contributed by atoms with Gasteiger partial charge < -0.3 is 0 Å². The van der Waals surface area contributed by atoms with Gasteiger partial charge in [-0.15, -0.1) is 0 Å². The van der Waals surface area contributed by atoms with Crippen LogP contribution in [0.1, 0.15) is 6.92 Å². The summed E-state index contributed by atoms with van der Waals surface area (Å²) in [6, 6.07) is 0. The topological polar surface area (TPSA) is 26.3 Å². The van der Waals surface area contributed by atoms with E-state index in [1.165, 1.54) is 0 Å². The SMILES string of the molecule is [Li][CH](C(=O)OCC)[Si](C)(C)C. The van der Waals surface area contributed by atoms with Crippen LogP contribution in [0.2, 0.25) is 23.9 Å². The molecule has 0 bridgehead atoms. The van der Waals surface area contributed by atoms with E-state index in [4.69, 9.17) is 4.74 Å². The van der Waals surface area contributed by atoms with Crippen molar-refractivity contribution in [3.8, 4) is 0 Å². The summed E-state index contributed by atoms with van der Waals surface area (Å²) < 4.78 is 5.04. The Kier molecular flexibility index (Phi) is 4.46. The van der Waals surface area contributed by atoms with Crippen molar-refractivity contribution in [2.75, 3.05) is 6.61 Å². The molecule has 60 valence electrons. The quantitative estimate of drug-likeness (QED) is 0.467. The Balaban J connectivity index is 4.03. The van der Waals surface area contributed by atoms with E-state index in [0.29, 0.717) is 6.61 Å². The van der Waals surface area contributed by atoms with E-state index in [2.05, 4.69) is 19.6 Å². The molecule has 0 aromatic heterocycles. The van der Waals surface area contributed by atoms with Crippen LogP contribution in [-0.2, 0) is 9.53 Å². The molecule has 0 amide bonds. The molecule has 11 heavy (non-hydrogen) atoms. The molecule has 4 heteroatoms. The molecular formula is C7H15LiO2Si. The summed E-state index contributed by atoms with van der Waals surface area (Å²) >= 11 is 1.96. The van der Waals surface area contributed by atoms with Crippen molar-refractivity contribution >= 4 is 31.8 Å². The fraction of sp³-hybridized carbons (Fsp3) is 0.857. The number of rotatable bonds is 3. The van der Waals surface area contributed by atoms with Crippen LogP contribution in [0.25, 0.3) is 0 Å². The molecule has 0 N–H and O–H groups in total. The predicted octanol–water partition coefficient (Wildman–Crippen LogP) is 1.38. The molecule has 0 aliphatic carbocycles. The summed E-state index contributed by atoms with van der Waals surface area (Å²) in [5.41, 5.74) is 0. The van der Waals surface area contributed by atoms with Crippen molar-refractivity contribution in [2.45, 2.75) is 30.8 Å². The third-order valence-corrected chi connectivity index (χ3v) is 4.77. The zero-order valence-corrected chi connectivity index (χ0v) is 9.10. The number of carbonyl (C=O) groups is 1. The number of hydrogen-bond donors (Lipinski definition) is 0. The first-order chi connectivity index (χ1) is 4.89. The van der Waals surface area contributed by atoms with E-state index >= 15 is 0 Å². The minimum atomic E-state index is -1.34. The minimum absolute atomic E-state index is 0.0355.